The van der Waals surface area contributed by atoms with Crippen molar-refractivity contribution in [1.82, 2.24) is 14.8 Å². The van der Waals surface area contributed by atoms with Crippen molar-refractivity contribution in [3.05, 3.63) is 47.8 Å². The number of methoxy groups -OCH3 is 1. The van der Waals surface area contributed by atoms with E-state index in [-0.39, 0.29) is 0 Å². The van der Waals surface area contributed by atoms with Gasteiger partial charge in [0.25, 0.3) is 0 Å². The van der Waals surface area contributed by atoms with Gasteiger partial charge in [-0.3, -0.25) is 4.68 Å². The molecule has 0 amide bonds. The Kier molecular flexibility index (Phi) is 3.02. The molecule has 0 spiro atoms. The molecule has 0 saturated carbocycles. The van der Waals surface area contributed by atoms with Crippen LogP contribution < -0.4 is 10.5 Å². The second kappa shape index (κ2) is 4.85. The number of aryl methyl sites for hydroxylation is 1. The van der Waals surface area contributed by atoms with Crippen LogP contribution in [-0.4, -0.2) is 21.9 Å². The Morgan fingerprint density at radius 3 is 2.80 bits per heavy atom. The first-order chi connectivity index (χ1) is 9.67. The second-order valence-electron chi connectivity index (χ2n) is 4.72. The zero-order valence-corrected chi connectivity index (χ0v) is 11.5. The molecule has 5 nitrogen and oxygen atoms in total. The van der Waals surface area contributed by atoms with Crippen LogP contribution in [0.15, 0.2) is 36.5 Å². The number of hydrogen-bond donors (Lipinski definition) is 1. The molecule has 5 heteroatoms. The Balaban J connectivity index is 2.04. The van der Waals surface area contributed by atoms with Gasteiger partial charge >= 0.3 is 0 Å². The summed E-state index contributed by atoms with van der Waals surface area (Å²) in [5, 5.41) is 5.31. The number of benzene rings is 1. The molecule has 0 unspecified atom stereocenters. The molecule has 3 rings (SSSR count). The van der Waals surface area contributed by atoms with Crippen LogP contribution in [0.5, 0.6) is 5.75 Å². The summed E-state index contributed by atoms with van der Waals surface area (Å²) in [4.78, 5) is 4.45. The molecule has 2 aromatic heterocycles. The van der Waals surface area contributed by atoms with Gasteiger partial charge in [-0.15, -0.1) is 0 Å². The summed E-state index contributed by atoms with van der Waals surface area (Å²) < 4.78 is 7.10. The number of nitrogen functional groups attached to an aromatic ring is 1. The molecule has 0 bridgehead atoms. The maximum absolute atomic E-state index is 6.05. The first kappa shape index (κ1) is 12.5. The Bertz CT molecular complexity index is 764. The van der Waals surface area contributed by atoms with Crippen LogP contribution in [0.25, 0.3) is 10.9 Å². The molecule has 0 saturated heterocycles. The lowest BCUT2D eigenvalue weighted by atomic mass is 10.1. The topological polar surface area (TPSA) is 66.0 Å². The van der Waals surface area contributed by atoms with Crippen molar-refractivity contribution in [2.45, 2.75) is 13.5 Å². The molecule has 0 aliphatic heterocycles. The Hall–Kier alpha value is -2.56. The third kappa shape index (κ3) is 2.18. The third-order valence-electron chi connectivity index (χ3n) is 3.39. The average Bonchev–Trinajstić information content (AvgIpc) is 2.84. The monoisotopic (exact) mass is 268 g/mol. The van der Waals surface area contributed by atoms with Crippen molar-refractivity contribution in [3.63, 3.8) is 0 Å². The minimum Gasteiger partial charge on any atom is -0.497 e. The van der Waals surface area contributed by atoms with E-state index in [2.05, 4.69) is 16.1 Å². The van der Waals surface area contributed by atoms with Crippen molar-refractivity contribution in [3.8, 4) is 5.75 Å². The fourth-order valence-electron chi connectivity index (χ4n) is 2.18. The number of nitrogens with zero attached hydrogens (tertiary/aromatic N) is 3. The van der Waals surface area contributed by atoms with Crippen molar-refractivity contribution in [2.24, 2.45) is 0 Å². The molecular weight excluding hydrogens is 252 g/mol. The molecule has 0 aliphatic carbocycles. The van der Waals surface area contributed by atoms with Crippen LogP contribution in [0.1, 0.15) is 11.3 Å². The number of aromatic nitrogens is 3. The molecule has 0 atom stereocenters. The normalized spacial score (nSPS) is 10.9. The fourth-order valence-corrected chi connectivity index (χ4v) is 2.18. The number of nitrogens with two attached hydrogens (primary N) is 1. The van der Waals surface area contributed by atoms with Gasteiger partial charge in [-0.1, -0.05) is 0 Å². The van der Waals surface area contributed by atoms with Crippen LogP contribution in [0.2, 0.25) is 0 Å². The molecule has 1 aromatic carbocycles. The van der Waals surface area contributed by atoms with Crippen LogP contribution >= 0.6 is 0 Å². The van der Waals surface area contributed by atoms with Crippen molar-refractivity contribution in [2.75, 3.05) is 12.8 Å². The molecule has 2 N–H and O–H groups in total. The molecule has 0 aliphatic rings. The smallest absolute Gasteiger partial charge is 0.129 e. The van der Waals surface area contributed by atoms with E-state index < -0.39 is 0 Å². The quantitative estimate of drug-likeness (QED) is 0.792. The molecule has 102 valence electrons. The van der Waals surface area contributed by atoms with Gasteiger partial charge in [0.05, 0.1) is 19.2 Å². The van der Waals surface area contributed by atoms with Crippen molar-refractivity contribution >= 4 is 16.7 Å². The predicted octanol–water partition coefficient (Wildman–Crippen LogP) is 2.38. The largest absolute Gasteiger partial charge is 0.497 e. The van der Waals surface area contributed by atoms with E-state index >= 15 is 0 Å². The molecule has 2 heterocycles. The van der Waals surface area contributed by atoms with E-state index in [1.54, 1.807) is 13.3 Å². The van der Waals surface area contributed by atoms with E-state index in [4.69, 9.17) is 10.5 Å². The van der Waals surface area contributed by atoms with E-state index in [0.29, 0.717) is 12.4 Å². The summed E-state index contributed by atoms with van der Waals surface area (Å²) in [6.45, 7) is 2.64. The molecule has 20 heavy (non-hydrogen) atoms. The van der Waals surface area contributed by atoms with Gasteiger partial charge in [0.15, 0.2) is 0 Å². The van der Waals surface area contributed by atoms with Crippen LogP contribution in [0.3, 0.4) is 0 Å². The number of ether oxygens (including phenoxy) is 1. The Morgan fingerprint density at radius 1 is 1.25 bits per heavy atom. The Morgan fingerprint density at radius 2 is 2.10 bits per heavy atom. The number of fused-ring (bicyclic) bond motifs is 1. The van der Waals surface area contributed by atoms with Gasteiger partial charge in [0.1, 0.15) is 11.6 Å². The standard InChI is InChI=1S/C15H16N4O/c1-10-5-6-17-19(10)9-12-7-11-3-4-13(20-2)8-14(11)18-15(12)16/h3-8H,9H2,1-2H3,(H2,16,18). The maximum atomic E-state index is 6.05. The van der Waals surface area contributed by atoms with Gasteiger partial charge in [0, 0.05) is 28.9 Å². The number of pyridine rings is 1. The lowest BCUT2D eigenvalue weighted by Crippen LogP contribution is -2.07. The fraction of sp³-hybridized carbons (Fsp3) is 0.200. The van der Waals surface area contributed by atoms with Gasteiger partial charge in [-0.25, -0.2) is 4.98 Å². The lowest BCUT2D eigenvalue weighted by Gasteiger charge is -2.09. The predicted molar refractivity (Wildman–Crippen MR) is 78.8 cm³/mol. The van der Waals surface area contributed by atoms with Gasteiger partial charge in [-0.2, -0.15) is 5.10 Å². The number of anilines is 1. The summed E-state index contributed by atoms with van der Waals surface area (Å²) in [7, 11) is 1.64. The molecule has 3 aromatic rings. The van der Waals surface area contributed by atoms with E-state index in [1.165, 1.54) is 0 Å². The van der Waals surface area contributed by atoms with Gasteiger partial charge in [0.2, 0.25) is 0 Å². The minimum atomic E-state index is 0.528. The summed E-state index contributed by atoms with van der Waals surface area (Å²) in [5.41, 5.74) is 8.95. The van der Waals surface area contributed by atoms with Gasteiger partial charge in [-0.05, 0) is 31.2 Å². The highest BCUT2D eigenvalue weighted by Crippen LogP contribution is 2.23. The number of hydrogen-bond acceptors (Lipinski definition) is 4. The third-order valence-corrected chi connectivity index (χ3v) is 3.39. The number of rotatable bonds is 3. The van der Waals surface area contributed by atoms with Crippen LogP contribution in [-0.2, 0) is 6.54 Å². The minimum absolute atomic E-state index is 0.528. The van der Waals surface area contributed by atoms with Crippen molar-refractivity contribution < 1.29 is 4.74 Å². The molecule has 0 fully saturated rings. The van der Waals surface area contributed by atoms with E-state index in [1.807, 2.05) is 35.9 Å². The summed E-state index contributed by atoms with van der Waals surface area (Å²) >= 11 is 0. The zero-order valence-electron chi connectivity index (χ0n) is 11.5. The highest BCUT2D eigenvalue weighted by Gasteiger charge is 2.07. The van der Waals surface area contributed by atoms with E-state index in [9.17, 15) is 0 Å². The lowest BCUT2D eigenvalue weighted by molar-refractivity contribution is 0.415. The molecular formula is C15H16N4O. The van der Waals surface area contributed by atoms with Crippen LogP contribution in [0.4, 0.5) is 5.82 Å². The maximum Gasteiger partial charge on any atom is 0.129 e. The highest BCUT2D eigenvalue weighted by molar-refractivity contribution is 5.82. The van der Waals surface area contributed by atoms with Crippen molar-refractivity contribution in [1.29, 1.82) is 0 Å². The average molecular weight is 268 g/mol. The molecule has 0 radical (unpaired) electrons. The second-order valence-corrected chi connectivity index (χ2v) is 4.72. The summed E-state index contributed by atoms with van der Waals surface area (Å²) in [5.74, 6) is 1.31. The van der Waals surface area contributed by atoms with Crippen LogP contribution in [0, 0.1) is 6.92 Å². The Labute approximate surface area is 117 Å². The summed E-state index contributed by atoms with van der Waals surface area (Å²) in [6.07, 6.45) is 1.78. The summed E-state index contributed by atoms with van der Waals surface area (Å²) in [6, 6.07) is 9.81. The first-order valence-electron chi connectivity index (χ1n) is 6.39. The SMILES string of the molecule is COc1ccc2cc(Cn3nccc3C)c(N)nc2c1. The first-order valence-corrected chi connectivity index (χ1v) is 6.39. The highest BCUT2D eigenvalue weighted by atomic mass is 16.5. The van der Waals surface area contributed by atoms with E-state index in [0.717, 1.165) is 27.9 Å². The van der Waals surface area contributed by atoms with Gasteiger partial charge < -0.3 is 10.5 Å². The zero-order chi connectivity index (χ0) is 14.1.